The maximum Gasteiger partial charge on any atom is 0.324 e. The summed E-state index contributed by atoms with van der Waals surface area (Å²) in [4.78, 5) is 29.3. The highest BCUT2D eigenvalue weighted by Gasteiger charge is 2.54. The highest BCUT2D eigenvalue weighted by molar-refractivity contribution is 5.87. The molecule has 0 saturated heterocycles. The van der Waals surface area contributed by atoms with Crippen molar-refractivity contribution in [3.63, 3.8) is 0 Å². The van der Waals surface area contributed by atoms with Gasteiger partial charge >= 0.3 is 11.9 Å². The molecule has 2 atom stereocenters. The van der Waals surface area contributed by atoms with Gasteiger partial charge in [-0.1, -0.05) is 116 Å². The number of hydrogen-bond donors (Lipinski definition) is 0. The van der Waals surface area contributed by atoms with Crippen LogP contribution in [0.5, 0.6) is 0 Å². The first-order chi connectivity index (χ1) is 19.1. The first kappa shape index (κ1) is 26.4. The third kappa shape index (κ3) is 4.43. The molecule has 1 aliphatic carbocycles. The van der Waals surface area contributed by atoms with Crippen LogP contribution in [0.3, 0.4) is 0 Å². The molecule has 0 aromatic heterocycles. The van der Waals surface area contributed by atoms with Gasteiger partial charge in [-0.05, 0) is 39.8 Å². The van der Waals surface area contributed by atoms with Gasteiger partial charge in [-0.2, -0.15) is 0 Å². The molecule has 5 rings (SSSR count). The largest absolute Gasteiger partial charge is 0.469 e. The summed E-state index contributed by atoms with van der Waals surface area (Å²) in [6.45, 7) is 2.30. The molecule has 0 spiro atoms. The summed E-state index contributed by atoms with van der Waals surface area (Å²) >= 11 is 0. The standard InChI is InChI=1S/C34H33NO4/c1-4-26(32(36)38-2)31(33(37)39-3)35(23-24-15-7-5-8-16-24)34(25-17-9-6-10-18-25)29-21-13-11-19-27(29)28-20-12-14-22-30(28)34/h5-22,26,31H,4,23H2,1-3H3/t26-,31+/m0/s1. The average molecular weight is 520 g/mol. The zero-order chi connectivity index (χ0) is 27.4. The molecule has 0 unspecified atom stereocenters. The fourth-order valence-corrected chi connectivity index (χ4v) is 6.18. The second-order valence-corrected chi connectivity index (χ2v) is 9.79. The van der Waals surface area contributed by atoms with Crippen LogP contribution in [0, 0.1) is 5.92 Å². The van der Waals surface area contributed by atoms with E-state index in [9.17, 15) is 9.59 Å². The molecule has 0 heterocycles. The quantitative estimate of drug-likeness (QED) is 0.246. The van der Waals surface area contributed by atoms with Crippen LogP contribution in [0.25, 0.3) is 11.1 Å². The SMILES string of the molecule is CC[C@H](C(=O)OC)[C@H](C(=O)OC)N(Cc1ccccc1)C1(c2ccccc2)c2ccccc2-c2ccccc21. The molecule has 0 saturated carbocycles. The van der Waals surface area contributed by atoms with Crippen molar-refractivity contribution in [1.29, 1.82) is 0 Å². The van der Waals surface area contributed by atoms with Crippen LogP contribution in [0.2, 0.25) is 0 Å². The summed E-state index contributed by atoms with van der Waals surface area (Å²) in [6, 6.07) is 36.0. The van der Waals surface area contributed by atoms with Crippen LogP contribution in [0.15, 0.2) is 109 Å². The predicted octanol–water partition coefficient (Wildman–Crippen LogP) is 6.20. The van der Waals surface area contributed by atoms with Gasteiger partial charge in [-0.3, -0.25) is 14.5 Å². The van der Waals surface area contributed by atoms with Gasteiger partial charge in [0.25, 0.3) is 0 Å². The number of carbonyl (C=O) groups is 2. The second kappa shape index (κ2) is 11.3. The van der Waals surface area contributed by atoms with Crippen LogP contribution in [0.4, 0.5) is 0 Å². The van der Waals surface area contributed by atoms with Crippen molar-refractivity contribution in [2.45, 2.75) is 31.5 Å². The molecule has 4 aromatic rings. The van der Waals surface area contributed by atoms with Gasteiger partial charge in [0.05, 0.1) is 25.7 Å². The van der Waals surface area contributed by atoms with Gasteiger partial charge in [0.15, 0.2) is 0 Å². The molecule has 5 heteroatoms. The topological polar surface area (TPSA) is 55.8 Å². The van der Waals surface area contributed by atoms with Crippen LogP contribution in [-0.4, -0.2) is 37.1 Å². The minimum Gasteiger partial charge on any atom is -0.469 e. The van der Waals surface area contributed by atoms with E-state index in [1.165, 1.54) is 14.2 Å². The highest BCUT2D eigenvalue weighted by Crippen LogP contribution is 2.55. The molecule has 0 N–H and O–H groups in total. The Kier molecular flexibility index (Phi) is 7.62. The molecule has 198 valence electrons. The number of nitrogens with zero attached hydrogens (tertiary/aromatic N) is 1. The smallest absolute Gasteiger partial charge is 0.324 e. The first-order valence-corrected chi connectivity index (χ1v) is 13.3. The van der Waals surface area contributed by atoms with E-state index in [1.54, 1.807) is 0 Å². The van der Waals surface area contributed by atoms with E-state index in [-0.39, 0.29) is 0 Å². The molecule has 1 aliphatic rings. The molecular formula is C34H33NO4. The monoisotopic (exact) mass is 519 g/mol. The molecular weight excluding hydrogens is 486 g/mol. The number of methoxy groups -OCH3 is 2. The Morgan fingerprint density at radius 2 is 1.18 bits per heavy atom. The van der Waals surface area contributed by atoms with E-state index in [4.69, 9.17) is 9.47 Å². The summed E-state index contributed by atoms with van der Waals surface area (Å²) in [6.07, 6.45) is 0.409. The van der Waals surface area contributed by atoms with Gasteiger partial charge in [-0.15, -0.1) is 0 Å². The number of ether oxygens (including phenoxy) is 2. The van der Waals surface area contributed by atoms with Crippen LogP contribution < -0.4 is 0 Å². The average Bonchev–Trinajstić information content (AvgIpc) is 3.30. The van der Waals surface area contributed by atoms with E-state index in [0.29, 0.717) is 13.0 Å². The molecule has 0 bridgehead atoms. The summed E-state index contributed by atoms with van der Waals surface area (Å²) in [5.74, 6) is -1.65. The van der Waals surface area contributed by atoms with Gasteiger partial charge in [0.1, 0.15) is 6.04 Å². The van der Waals surface area contributed by atoms with E-state index in [2.05, 4.69) is 41.3 Å². The van der Waals surface area contributed by atoms with Gasteiger partial charge in [-0.25, -0.2) is 0 Å². The Labute approximate surface area is 230 Å². The van der Waals surface area contributed by atoms with Crippen LogP contribution >= 0.6 is 0 Å². The highest BCUT2D eigenvalue weighted by atomic mass is 16.5. The fraction of sp³-hybridized carbons (Fsp3) is 0.235. The van der Waals surface area contributed by atoms with E-state index >= 15 is 0 Å². The summed E-state index contributed by atoms with van der Waals surface area (Å²) < 4.78 is 10.7. The van der Waals surface area contributed by atoms with Crippen molar-refractivity contribution in [3.05, 3.63) is 131 Å². The lowest BCUT2D eigenvalue weighted by Gasteiger charge is -2.48. The zero-order valence-electron chi connectivity index (χ0n) is 22.5. The molecule has 39 heavy (non-hydrogen) atoms. The number of fused-ring (bicyclic) bond motifs is 3. The molecule has 0 aliphatic heterocycles. The van der Waals surface area contributed by atoms with Crippen molar-refractivity contribution < 1.29 is 19.1 Å². The first-order valence-electron chi connectivity index (χ1n) is 13.3. The summed E-state index contributed by atoms with van der Waals surface area (Å²) in [7, 11) is 2.75. The lowest BCUT2D eigenvalue weighted by Crippen LogP contribution is -2.58. The maximum absolute atomic E-state index is 13.8. The second-order valence-electron chi connectivity index (χ2n) is 9.79. The minimum atomic E-state index is -0.924. The fourth-order valence-electron chi connectivity index (χ4n) is 6.18. The van der Waals surface area contributed by atoms with Crippen molar-refractivity contribution >= 4 is 11.9 Å². The van der Waals surface area contributed by atoms with Gasteiger partial charge in [0, 0.05) is 6.54 Å². The Morgan fingerprint density at radius 1 is 0.692 bits per heavy atom. The van der Waals surface area contributed by atoms with Crippen molar-refractivity contribution in [2.24, 2.45) is 5.92 Å². The van der Waals surface area contributed by atoms with Crippen molar-refractivity contribution in [3.8, 4) is 11.1 Å². The van der Waals surface area contributed by atoms with E-state index in [0.717, 1.165) is 33.4 Å². The van der Waals surface area contributed by atoms with Crippen molar-refractivity contribution in [1.82, 2.24) is 4.90 Å². The van der Waals surface area contributed by atoms with Crippen molar-refractivity contribution in [2.75, 3.05) is 14.2 Å². The number of hydrogen-bond acceptors (Lipinski definition) is 5. The Morgan fingerprint density at radius 3 is 1.69 bits per heavy atom. The van der Waals surface area contributed by atoms with E-state index < -0.39 is 29.4 Å². The van der Waals surface area contributed by atoms with Crippen LogP contribution in [-0.2, 0) is 31.1 Å². The summed E-state index contributed by atoms with van der Waals surface area (Å²) in [5.41, 5.74) is 5.46. The number of carbonyl (C=O) groups excluding carboxylic acids is 2. The Hall–Kier alpha value is -4.22. The third-order valence-electron chi connectivity index (χ3n) is 7.85. The maximum atomic E-state index is 13.8. The number of rotatable bonds is 9. The van der Waals surface area contributed by atoms with Crippen LogP contribution in [0.1, 0.15) is 35.6 Å². The normalized spacial score (nSPS) is 14.7. The molecule has 0 fully saturated rings. The lowest BCUT2D eigenvalue weighted by molar-refractivity contribution is -0.162. The third-order valence-corrected chi connectivity index (χ3v) is 7.85. The summed E-state index contributed by atoms with van der Waals surface area (Å²) in [5, 5.41) is 0. The number of esters is 2. The minimum absolute atomic E-state index is 0.395. The zero-order valence-corrected chi connectivity index (χ0v) is 22.5. The van der Waals surface area contributed by atoms with E-state index in [1.807, 2.05) is 79.7 Å². The molecule has 5 nitrogen and oxygen atoms in total. The molecule has 0 amide bonds. The Bertz CT molecular complexity index is 1410. The van der Waals surface area contributed by atoms with Gasteiger partial charge < -0.3 is 9.47 Å². The predicted molar refractivity (Wildman–Crippen MR) is 152 cm³/mol. The molecule has 0 radical (unpaired) electrons. The molecule has 4 aromatic carbocycles. The lowest BCUT2D eigenvalue weighted by atomic mass is 9.76. The Balaban J connectivity index is 1.90. The van der Waals surface area contributed by atoms with Gasteiger partial charge in [0.2, 0.25) is 0 Å². The number of benzene rings is 4.